The van der Waals surface area contributed by atoms with E-state index in [-0.39, 0.29) is 36.3 Å². The Balaban J connectivity index is 1.13. The summed E-state index contributed by atoms with van der Waals surface area (Å²) < 4.78 is 12.5. The molecule has 2 N–H and O–H groups in total. The van der Waals surface area contributed by atoms with Crippen molar-refractivity contribution in [2.24, 2.45) is 0 Å². The molecule has 1 atom stereocenters. The monoisotopic (exact) mass is 552 g/mol. The number of ether oxygens (including phenoxy) is 2. The lowest BCUT2D eigenvalue weighted by atomic mass is 9.82. The van der Waals surface area contributed by atoms with Gasteiger partial charge in [0.15, 0.2) is 0 Å². The molecule has 216 valence electrons. The second-order valence-corrected chi connectivity index (χ2v) is 12.2. The zero-order valence-electron chi connectivity index (χ0n) is 23.4. The second-order valence-electron chi connectivity index (χ2n) is 12.2. The molecule has 4 heterocycles. The molecule has 5 aliphatic rings. The zero-order valence-corrected chi connectivity index (χ0v) is 23.4. The number of fused-ring (bicyclic) bond motifs is 1. The van der Waals surface area contributed by atoms with E-state index >= 15 is 0 Å². The van der Waals surface area contributed by atoms with Crippen LogP contribution in [0, 0.1) is 0 Å². The van der Waals surface area contributed by atoms with Crippen LogP contribution in [0.2, 0.25) is 0 Å². The van der Waals surface area contributed by atoms with Gasteiger partial charge in [0.05, 0.1) is 29.4 Å². The Bertz CT molecular complexity index is 1180. The number of carbonyl (C=O) groups is 4. The third-order valence-corrected chi connectivity index (χ3v) is 9.16. The summed E-state index contributed by atoms with van der Waals surface area (Å²) >= 11 is 0. The Labute approximate surface area is 235 Å². The number of likely N-dealkylation sites (tertiary alicyclic amines) is 1. The molecule has 0 radical (unpaired) electrons. The lowest BCUT2D eigenvalue weighted by Crippen LogP contribution is -2.54. The quantitative estimate of drug-likeness (QED) is 0.495. The van der Waals surface area contributed by atoms with E-state index in [1.165, 1.54) is 0 Å². The summed E-state index contributed by atoms with van der Waals surface area (Å²) in [6.45, 7) is 7.94. The number of amides is 4. The zero-order chi connectivity index (χ0) is 28.0. The predicted octanol–water partition coefficient (Wildman–Crippen LogP) is 2.35. The van der Waals surface area contributed by atoms with Crippen LogP contribution in [0.3, 0.4) is 0 Å². The molecule has 1 aliphatic carbocycles. The van der Waals surface area contributed by atoms with E-state index in [0.29, 0.717) is 29.6 Å². The highest BCUT2D eigenvalue weighted by Crippen LogP contribution is 2.41. The molecule has 10 nitrogen and oxygen atoms in total. The third kappa shape index (κ3) is 5.29. The van der Waals surface area contributed by atoms with Crippen molar-refractivity contribution in [3.63, 3.8) is 0 Å². The van der Waals surface area contributed by atoms with E-state index in [9.17, 15) is 19.2 Å². The molecule has 0 spiro atoms. The first-order chi connectivity index (χ1) is 19.3. The number of carbonyl (C=O) groups excluding carboxylic acids is 4. The molecule has 4 amide bonds. The van der Waals surface area contributed by atoms with Gasteiger partial charge in [0.1, 0.15) is 11.8 Å². The minimum Gasteiger partial charge on any atom is -0.491 e. The molecular weight excluding hydrogens is 512 g/mol. The van der Waals surface area contributed by atoms with Gasteiger partial charge in [-0.25, -0.2) is 0 Å². The minimum absolute atomic E-state index is 0.0952. The van der Waals surface area contributed by atoms with Crippen molar-refractivity contribution in [3.05, 3.63) is 28.8 Å². The fourth-order valence-corrected chi connectivity index (χ4v) is 6.92. The number of nitrogens with zero attached hydrogens (tertiary/aromatic N) is 2. The van der Waals surface area contributed by atoms with E-state index in [2.05, 4.69) is 15.5 Å². The highest BCUT2D eigenvalue weighted by atomic mass is 16.5. The van der Waals surface area contributed by atoms with E-state index in [4.69, 9.17) is 9.47 Å². The van der Waals surface area contributed by atoms with E-state index in [1.54, 1.807) is 6.07 Å². The average molecular weight is 553 g/mol. The van der Waals surface area contributed by atoms with Crippen LogP contribution in [0.4, 0.5) is 0 Å². The van der Waals surface area contributed by atoms with Crippen molar-refractivity contribution in [3.8, 4) is 5.75 Å². The Morgan fingerprint density at radius 3 is 2.20 bits per heavy atom. The molecule has 1 saturated carbocycles. The number of piperidine rings is 3. The highest BCUT2D eigenvalue weighted by Gasteiger charge is 2.46. The molecule has 3 saturated heterocycles. The van der Waals surface area contributed by atoms with Crippen molar-refractivity contribution < 1.29 is 28.7 Å². The van der Waals surface area contributed by atoms with Gasteiger partial charge in [0.25, 0.3) is 11.8 Å². The standard InChI is InChI=1S/C30H40N4O6/c1-17(2)39-26-16-24-23(29(37)34(30(24)38)25-3-4-27(35)32-28(25)36)15-22(26)18-7-11-33(12-8-18)19-13-21(14-19)40-20-5-9-31-10-6-20/h15-21,25,31H,3-14H2,1-2H3,(H,32,35,36)/t19-,21-,25?. The summed E-state index contributed by atoms with van der Waals surface area (Å²) in [6, 6.07) is 3.11. The van der Waals surface area contributed by atoms with Crippen molar-refractivity contribution in [2.45, 2.75) is 102 Å². The van der Waals surface area contributed by atoms with Crippen LogP contribution in [-0.4, -0.2) is 90.0 Å². The molecule has 10 heteroatoms. The summed E-state index contributed by atoms with van der Waals surface area (Å²) in [6.07, 6.45) is 7.23. The van der Waals surface area contributed by atoms with Crippen LogP contribution in [0.5, 0.6) is 5.75 Å². The summed E-state index contributed by atoms with van der Waals surface area (Å²) in [5.74, 6) is -1.11. The molecule has 4 fully saturated rings. The Kier molecular flexibility index (Phi) is 7.67. The average Bonchev–Trinajstić information content (AvgIpc) is 3.15. The van der Waals surface area contributed by atoms with Crippen LogP contribution in [0.25, 0.3) is 0 Å². The molecule has 6 rings (SSSR count). The summed E-state index contributed by atoms with van der Waals surface area (Å²) in [7, 11) is 0. The first-order valence-electron chi connectivity index (χ1n) is 14.9. The van der Waals surface area contributed by atoms with Gasteiger partial charge in [0, 0.05) is 12.5 Å². The Morgan fingerprint density at radius 2 is 1.55 bits per heavy atom. The van der Waals surface area contributed by atoms with Crippen molar-refractivity contribution in [1.82, 2.24) is 20.4 Å². The van der Waals surface area contributed by atoms with E-state index in [1.807, 2.05) is 19.9 Å². The highest BCUT2D eigenvalue weighted by molar-refractivity contribution is 6.23. The number of nitrogens with one attached hydrogen (secondary N) is 2. The van der Waals surface area contributed by atoms with Gasteiger partial charge in [-0.05, 0) is 109 Å². The smallest absolute Gasteiger partial charge is 0.262 e. The van der Waals surface area contributed by atoms with Crippen molar-refractivity contribution in [2.75, 3.05) is 26.2 Å². The molecular formula is C30H40N4O6. The maximum absolute atomic E-state index is 13.4. The Morgan fingerprint density at radius 1 is 0.875 bits per heavy atom. The SMILES string of the molecule is CC(C)Oc1cc2c(cc1C1CCN([C@H]3C[C@H](OC4CCNCC4)C3)CC1)C(=O)N(C1CCC(=O)NC1=O)C2=O. The molecule has 4 aliphatic heterocycles. The van der Waals surface area contributed by atoms with E-state index in [0.717, 1.165) is 75.2 Å². The third-order valence-electron chi connectivity index (χ3n) is 9.16. The topological polar surface area (TPSA) is 117 Å². The normalized spacial score (nSPS) is 28.6. The van der Waals surface area contributed by atoms with Crippen LogP contribution in [-0.2, 0) is 14.3 Å². The molecule has 1 aromatic carbocycles. The minimum atomic E-state index is -0.976. The van der Waals surface area contributed by atoms with Gasteiger partial charge in [-0.1, -0.05) is 0 Å². The number of benzene rings is 1. The molecule has 1 aromatic rings. The Hall–Kier alpha value is -2.82. The summed E-state index contributed by atoms with van der Waals surface area (Å²) in [4.78, 5) is 54.5. The van der Waals surface area contributed by atoms with Crippen LogP contribution >= 0.6 is 0 Å². The van der Waals surface area contributed by atoms with Crippen molar-refractivity contribution >= 4 is 23.6 Å². The lowest BCUT2D eigenvalue weighted by molar-refractivity contribution is -0.136. The molecule has 1 unspecified atom stereocenters. The largest absolute Gasteiger partial charge is 0.491 e. The predicted molar refractivity (Wildman–Crippen MR) is 146 cm³/mol. The van der Waals surface area contributed by atoms with Crippen LogP contribution in [0.15, 0.2) is 12.1 Å². The fraction of sp³-hybridized carbons (Fsp3) is 0.667. The first-order valence-corrected chi connectivity index (χ1v) is 14.9. The summed E-state index contributed by atoms with van der Waals surface area (Å²) in [5, 5.41) is 5.65. The molecule has 40 heavy (non-hydrogen) atoms. The van der Waals surface area contributed by atoms with Gasteiger partial charge < -0.3 is 19.7 Å². The van der Waals surface area contributed by atoms with Gasteiger partial charge >= 0.3 is 0 Å². The number of rotatable bonds is 7. The molecule has 0 bridgehead atoms. The van der Waals surface area contributed by atoms with E-state index < -0.39 is 23.8 Å². The van der Waals surface area contributed by atoms with Gasteiger partial charge in [-0.15, -0.1) is 0 Å². The maximum atomic E-state index is 13.4. The number of imide groups is 2. The number of hydrogen-bond donors (Lipinski definition) is 2. The summed E-state index contributed by atoms with van der Waals surface area (Å²) in [5.41, 5.74) is 1.54. The van der Waals surface area contributed by atoms with Crippen molar-refractivity contribution in [1.29, 1.82) is 0 Å². The van der Waals surface area contributed by atoms with Crippen LogP contribution in [0.1, 0.15) is 97.4 Å². The van der Waals surface area contributed by atoms with Gasteiger partial charge in [-0.2, -0.15) is 0 Å². The first kappa shape index (κ1) is 27.4. The maximum Gasteiger partial charge on any atom is 0.262 e. The van der Waals surface area contributed by atoms with Gasteiger partial charge in [0.2, 0.25) is 11.8 Å². The fourth-order valence-electron chi connectivity index (χ4n) is 6.92. The van der Waals surface area contributed by atoms with Gasteiger partial charge in [-0.3, -0.25) is 29.4 Å². The molecule has 0 aromatic heterocycles. The number of hydrogen-bond acceptors (Lipinski definition) is 8. The van der Waals surface area contributed by atoms with Crippen LogP contribution < -0.4 is 15.4 Å². The second kappa shape index (κ2) is 11.2. The lowest BCUT2D eigenvalue weighted by Gasteiger charge is -2.46.